The van der Waals surface area contributed by atoms with Gasteiger partial charge in [-0.05, 0) is 144 Å². The number of likely N-dealkylation sites (N-methyl/N-ethyl adjacent to an activating group) is 1. The number of rotatable bonds is 46. The van der Waals surface area contributed by atoms with Crippen LogP contribution in [0.3, 0.4) is 0 Å². The van der Waals surface area contributed by atoms with Gasteiger partial charge in [-0.3, -0.25) is 79.0 Å². The normalized spacial score (nSPS) is 16.3. The van der Waals surface area contributed by atoms with Crippen LogP contribution in [0.1, 0.15) is 135 Å². The predicted molar refractivity (Wildman–Crippen MR) is 410 cm³/mol. The highest BCUT2D eigenvalue weighted by atomic mass is 32.2. The van der Waals surface area contributed by atoms with Crippen molar-refractivity contribution in [3.05, 3.63) is 89.2 Å². The molecule has 0 aliphatic carbocycles. The van der Waals surface area contributed by atoms with Gasteiger partial charge in [0.1, 0.15) is 24.2 Å². The van der Waals surface area contributed by atoms with E-state index in [0.29, 0.717) is 55.6 Å². The number of thioether (sulfide) groups is 1. The Morgan fingerprint density at radius 2 is 1.11 bits per heavy atom. The van der Waals surface area contributed by atoms with Gasteiger partial charge in [-0.1, -0.05) is 58.4 Å². The number of benzene rings is 2. The van der Waals surface area contributed by atoms with E-state index in [1.165, 1.54) is 24.3 Å². The Morgan fingerprint density at radius 3 is 1.59 bits per heavy atom. The first-order valence-electron chi connectivity index (χ1n) is 35.1. The molecule has 2 aliphatic heterocycles. The second-order valence-electron chi connectivity index (χ2n) is 26.7. The average Bonchev–Trinajstić information content (AvgIpc) is 1.60. The van der Waals surface area contributed by atoms with Gasteiger partial charge in [0, 0.05) is 98.9 Å². The number of fused-ring (bicyclic) bond motifs is 1. The molecule has 0 radical (unpaired) electrons. The molecule has 39 heteroatoms. The van der Waals surface area contributed by atoms with Gasteiger partial charge in [0.25, 0.3) is 20.2 Å². The summed E-state index contributed by atoms with van der Waals surface area (Å²) in [6.07, 6.45) is 11.6. The summed E-state index contributed by atoms with van der Waals surface area (Å²) in [6, 6.07) is 2.52. The minimum absolute atomic E-state index is 0.00396. The molecule has 592 valence electrons. The Kier molecular flexibility index (Phi) is 35.7. The summed E-state index contributed by atoms with van der Waals surface area (Å²) >= 11 is 0.882. The molecule has 1 unspecified atom stereocenters. The average molecular weight is 1550 g/mol. The molecular formula is C68H108N22O14S3. The predicted octanol–water partition coefficient (Wildman–Crippen LogP) is -0.376. The number of primary amides is 1. The number of aryl methyl sites for hydroxylation is 1. The number of aliphatic imine (C=N–C) groups is 1. The Bertz CT molecular complexity index is 3900. The van der Waals surface area contributed by atoms with Crippen LogP contribution in [0.5, 0.6) is 0 Å². The number of carbonyl (C=O) groups is 8. The molecule has 1 fully saturated rings. The lowest BCUT2D eigenvalue weighted by Crippen LogP contribution is -2.59. The fourth-order valence-corrected chi connectivity index (χ4v) is 14.3. The molecule has 0 saturated carbocycles. The maximum Gasteiger partial charge on any atom is 0.294 e. The number of unbranched alkanes of at least 4 members (excludes halogenated alkanes) is 2. The van der Waals surface area contributed by atoms with E-state index in [1.54, 1.807) is 31.3 Å². The van der Waals surface area contributed by atoms with Crippen LogP contribution in [-0.2, 0) is 69.4 Å². The minimum Gasteiger partial charge on any atom is -0.370 e. The van der Waals surface area contributed by atoms with Gasteiger partial charge >= 0.3 is 0 Å². The molecule has 26 N–H and O–H groups in total. The maximum absolute atomic E-state index is 14.4. The molecule has 0 bridgehead atoms. The van der Waals surface area contributed by atoms with Crippen molar-refractivity contribution >= 4 is 114 Å². The van der Waals surface area contributed by atoms with E-state index < -0.39 is 108 Å². The molecule has 2 aromatic carbocycles. The molecule has 107 heavy (non-hydrogen) atoms. The SMILES string of the molecule is CC\N=C(/C=C/C=C/C=C1/N(CCCCCC(=O)NCCN2C(=O)CC(SC[C@@H](NC(=O)[C@@H](CCCNC(=N)N)NC(=O)[C@@H](CCCNC(=N)N)NC(=O)[C@@H](CCCNC(=N)N)NC(=O)[C@@H](CCCNC(=N)N)NC)C(N)=O)C2=O)c2ccc(S(=O)(=O)O)cc2C1(C)C)C(C)(C)c1cc(S(=O)(=O)O)ccc1C. The van der Waals surface area contributed by atoms with Crippen molar-refractivity contribution in [1.82, 2.24) is 58.1 Å². The molecule has 0 aromatic heterocycles. The zero-order valence-electron chi connectivity index (χ0n) is 61.6. The van der Waals surface area contributed by atoms with Gasteiger partial charge in [-0.25, -0.2) is 0 Å². The van der Waals surface area contributed by atoms with E-state index >= 15 is 0 Å². The van der Waals surface area contributed by atoms with Gasteiger partial charge < -0.3 is 86.7 Å². The fraction of sp³-hybridized carbons (Fsp3) is 0.544. The molecule has 36 nitrogen and oxygen atoms in total. The molecular weight excluding hydrogens is 1450 g/mol. The van der Waals surface area contributed by atoms with E-state index in [0.717, 1.165) is 33.6 Å². The van der Waals surface area contributed by atoms with Crippen LogP contribution in [0.15, 0.2) is 87.3 Å². The Morgan fingerprint density at radius 1 is 0.636 bits per heavy atom. The molecule has 2 aromatic rings. The summed E-state index contributed by atoms with van der Waals surface area (Å²) in [7, 11) is -7.46. The molecule has 4 rings (SSSR count). The van der Waals surface area contributed by atoms with Gasteiger partial charge in [-0.2, -0.15) is 16.8 Å². The van der Waals surface area contributed by atoms with Crippen LogP contribution in [0.4, 0.5) is 5.69 Å². The third-order valence-corrected chi connectivity index (χ3v) is 20.8. The molecule has 1 saturated heterocycles. The van der Waals surface area contributed by atoms with Gasteiger partial charge in [0.2, 0.25) is 47.3 Å². The van der Waals surface area contributed by atoms with Crippen molar-refractivity contribution in [1.29, 1.82) is 21.6 Å². The van der Waals surface area contributed by atoms with Crippen LogP contribution in [0, 0.1) is 28.6 Å². The van der Waals surface area contributed by atoms with E-state index in [9.17, 15) is 64.3 Å². The summed E-state index contributed by atoms with van der Waals surface area (Å²) in [4.78, 5) is 117. The molecule has 6 atom stereocenters. The fourth-order valence-electron chi connectivity index (χ4n) is 12.1. The number of nitrogens with one attached hydrogen (secondary N) is 14. The second-order valence-corrected chi connectivity index (χ2v) is 30.7. The summed E-state index contributed by atoms with van der Waals surface area (Å²) in [5, 5.41) is 55.9. The number of anilines is 1. The highest BCUT2D eigenvalue weighted by Crippen LogP contribution is 2.48. The van der Waals surface area contributed by atoms with Crippen LogP contribution < -0.4 is 86.7 Å². The van der Waals surface area contributed by atoms with Gasteiger partial charge in [0.05, 0.1) is 21.1 Å². The van der Waals surface area contributed by atoms with Crippen LogP contribution in [0.2, 0.25) is 0 Å². The number of amides is 8. The lowest BCUT2D eigenvalue weighted by atomic mass is 9.77. The molecule has 8 amide bonds. The number of hydrogen-bond acceptors (Lipinski definition) is 20. The van der Waals surface area contributed by atoms with E-state index in [1.807, 2.05) is 59.8 Å². The molecule has 2 heterocycles. The number of nitrogens with two attached hydrogens (primary N) is 5. The first-order valence-corrected chi connectivity index (χ1v) is 39.0. The van der Waals surface area contributed by atoms with Crippen LogP contribution in [-0.4, -0.2) is 208 Å². The second kappa shape index (κ2) is 42.6. The van der Waals surface area contributed by atoms with E-state index in [4.69, 9.17) is 55.3 Å². The van der Waals surface area contributed by atoms with Crippen molar-refractivity contribution in [2.24, 2.45) is 33.7 Å². The molecule has 0 spiro atoms. The zero-order valence-corrected chi connectivity index (χ0v) is 64.1. The Hall–Kier alpha value is -9.70. The Labute approximate surface area is 629 Å². The van der Waals surface area contributed by atoms with E-state index in [2.05, 4.69) is 58.1 Å². The highest BCUT2D eigenvalue weighted by molar-refractivity contribution is 8.00. The summed E-state index contributed by atoms with van der Waals surface area (Å²) in [5.74, 6) is -7.27. The van der Waals surface area contributed by atoms with Gasteiger partial charge in [0.15, 0.2) is 23.8 Å². The number of nitrogens with zero attached hydrogens (tertiary/aromatic N) is 3. The molecule has 2 aliphatic rings. The topological polar surface area (TPSA) is 610 Å². The quantitative estimate of drug-likeness (QED) is 0.0100. The third-order valence-electron chi connectivity index (χ3n) is 17.8. The largest absolute Gasteiger partial charge is 0.370 e. The van der Waals surface area contributed by atoms with Crippen LogP contribution >= 0.6 is 11.8 Å². The summed E-state index contributed by atoms with van der Waals surface area (Å²) in [5.41, 5.74) is 30.4. The van der Waals surface area contributed by atoms with Crippen LogP contribution in [0.25, 0.3) is 0 Å². The van der Waals surface area contributed by atoms with Gasteiger partial charge in [-0.15, -0.1) is 11.8 Å². The third kappa shape index (κ3) is 28.8. The number of imide groups is 1. The zero-order chi connectivity index (χ0) is 80.0. The number of carbonyl (C=O) groups excluding carboxylic acids is 8. The lowest BCUT2D eigenvalue weighted by molar-refractivity contribution is -0.138. The number of likely N-dealkylation sites (tertiary alicyclic amines) is 1. The van der Waals surface area contributed by atoms with Crippen molar-refractivity contribution in [2.75, 3.05) is 70.1 Å². The van der Waals surface area contributed by atoms with Crippen molar-refractivity contribution in [3.63, 3.8) is 0 Å². The first-order chi connectivity index (χ1) is 50.2. The van der Waals surface area contributed by atoms with Crippen molar-refractivity contribution in [2.45, 2.75) is 181 Å². The van der Waals surface area contributed by atoms with Crippen molar-refractivity contribution < 1.29 is 64.3 Å². The van der Waals surface area contributed by atoms with Crippen molar-refractivity contribution in [3.8, 4) is 0 Å². The minimum atomic E-state index is -4.54. The maximum atomic E-state index is 14.4. The lowest BCUT2D eigenvalue weighted by Gasteiger charge is -2.28. The summed E-state index contributed by atoms with van der Waals surface area (Å²) < 4.78 is 68.5. The standard InChI is InChI=1S/C68H108N22O14S3/c1-8-79-53(67(3,4)44-37-42(106(99,100)101)27-26-41(44)2)23-11-9-12-24-54-68(5,6)45-38-43(107(102,103)104)28-29-51(45)89(54)35-14-10-13-25-55(91)80-34-36-90-56(92)39-52(62(90)98)105-40-50(57(69)93)88-61(97)49(22-18-33-84-66(76)77)87-60(96)48(21-17-32-83-65(74)75)86-59(95)47(20-16-31-82-64(72)73)85-58(94)46(78-7)19-15-30-81-63(70)71/h9,11-12,23-24,26-29,37-38,46-50,52,78H,8,10,13-22,25,30-36,39-40H2,1-7H3,(H2,69,93)(H,80,91)(H,85,94)(H,86,95)(H,87,96)(H,88,97)(H4,70,71,81)(H4,72,73,82)(H4,74,75,83)(H4,76,77,84)(H,99,100,101)(H,102,103,104)/b12-9+,23-11+,54-24+,79-53+/t46-,47-,48-,49-,50-,52?/m1/s1. The highest BCUT2D eigenvalue weighted by Gasteiger charge is 2.42. The monoisotopic (exact) mass is 1550 g/mol. The summed E-state index contributed by atoms with van der Waals surface area (Å²) in [6.45, 7) is 12.7. The Balaban J connectivity index is 1.40. The number of guanidine groups is 4. The smallest absolute Gasteiger partial charge is 0.294 e. The number of hydrogen-bond donors (Lipinski definition) is 21. The first kappa shape index (κ1) is 89.7. The number of allylic oxidation sites excluding steroid dienone is 6. The van der Waals surface area contributed by atoms with E-state index in [-0.39, 0.29) is 142 Å².